The van der Waals surface area contributed by atoms with Crippen LogP contribution >= 0.6 is 0 Å². The van der Waals surface area contributed by atoms with E-state index in [2.05, 4.69) is 36.3 Å². The summed E-state index contributed by atoms with van der Waals surface area (Å²) in [6, 6.07) is 3.81. The van der Waals surface area contributed by atoms with Crippen molar-refractivity contribution >= 4 is 0 Å². The monoisotopic (exact) mass is 241 g/mol. The first-order valence-electron chi connectivity index (χ1n) is 6.38. The molecule has 4 nitrogen and oxygen atoms in total. The first kappa shape index (κ1) is 15.8. The van der Waals surface area contributed by atoms with Crippen molar-refractivity contribution in [3.63, 3.8) is 0 Å². The molecule has 17 heavy (non-hydrogen) atoms. The van der Waals surface area contributed by atoms with Gasteiger partial charge < -0.3 is 10.1 Å². The smallest absolute Gasteiger partial charge is 0.233 e. The zero-order valence-electron chi connectivity index (χ0n) is 11.5. The van der Waals surface area contributed by atoms with E-state index in [0.29, 0.717) is 12.5 Å². The lowest BCUT2D eigenvalue weighted by molar-refractivity contribution is 0.294. The van der Waals surface area contributed by atoms with Crippen LogP contribution in [0.5, 0.6) is 5.88 Å². The van der Waals surface area contributed by atoms with Crippen molar-refractivity contribution in [2.24, 2.45) is 0 Å². The van der Waals surface area contributed by atoms with Gasteiger partial charge in [0.2, 0.25) is 5.88 Å². The van der Waals surface area contributed by atoms with Gasteiger partial charge in [-0.3, -0.25) is 0 Å². The first-order chi connectivity index (χ1) is 8.28. The predicted molar refractivity (Wildman–Crippen MR) is 73.5 cm³/mol. The summed E-state index contributed by atoms with van der Waals surface area (Å²) in [5.74, 6) is 0.610. The van der Waals surface area contributed by atoms with E-state index in [0.717, 1.165) is 25.1 Å². The van der Waals surface area contributed by atoms with Crippen molar-refractivity contribution in [1.82, 2.24) is 15.5 Å². The van der Waals surface area contributed by atoms with Crippen LogP contribution in [0.2, 0.25) is 0 Å². The van der Waals surface area contributed by atoms with Crippen LogP contribution in [0.15, 0.2) is 12.1 Å². The van der Waals surface area contributed by atoms with E-state index in [1.165, 1.54) is 6.42 Å². The van der Waals surface area contributed by atoms with Crippen molar-refractivity contribution in [2.45, 2.75) is 40.0 Å². The Balaban J connectivity index is 0. The number of ether oxygens (including phenoxy) is 1. The van der Waals surface area contributed by atoms with Crippen LogP contribution in [0.4, 0.5) is 0 Å². The molecule has 0 saturated heterocycles. The maximum atomic E-state index is 5.39. The molecule has 4 heteroatoms. The molecule has 0 unspecified atom stereocenters. The van der Waals surface area contributed by atoms with Gasteiger partial charge in [0, 0.05) is 7.49 Å². The second kappa shape index (κ2) is 11.3. The summed E-state index contributed by atoms with van der Waals surface area (Å²) in [4.78, 5) is 0. The van der Waals surface area contributed by atoms with Crippen LogP contribution in [0.3, 0.4) is 0 Å². The van der Waals surface area contributed by atoms with Gasteiger partial charge in [0.25, 0.3) is 0 Å². The Kier molecular flexibility index (Phi) is 10.6. The van der Waals surface area contributed by atoms with Crippen molar-refractivity contribution < 1.29 is 6.16 Å². The van der Waals surface area contributed by atoms with Gasteiger partial charge in [0.1, 0.15) is 0 Å². The van der Waals surface area contributed by atoms with E-state index < -0.39 is 0 Å². The zero-order chi connectivity index (χ0) is 12.9. The number of aryl methyl sites for hydroxylation is 1. The van der Waals surface area contributed by atoms with E-state index in [1.807, 2.05) is 19.2 Å². The minimum absolute atomic E-state index is 0. The van der Waals surface area contributed by atoms with Crippen molar-refractivity contribution in [3.05, 3.63) is 17.8 Å². The molecule has 1 aromatic rings. The number of nitrogens with one attached hydrogen (secondary N) is 1. The van der Waals surface area contributed by atoms with Crippen LogP contribution in [0, 0.1) is 0 Å². The lowest BCUT2D eigenvalue weighted by Gasteiger charge is -2.04. The highest BCUT2D eigenvalue weighted by Crippen LogP contribution is 2.05. The predicted octanol–water partition coefficient (Wildman–Crippen LogP) is 2.69. The summed E-state index contributed by atoms with van der Waals surface area (Å²) < 4.78 is 5.39. The molecule has 0 aliphatic rings. The molecule has 0 saturated carbocycles. The van der Waals surface area contributed by atoms with Crippen molar-refractivity contribution in [3.8, 4) is 5.88 Å². The molecule has 100 valence electrons. The molecular formula is C13H27N3O. The van der Waals surface area contributed by atoms with E-state index in [9.17, 15) is 0 Å². The largest absolute Gasteiger partial charge is 0.477 e. The topological polar surface area (TPSA) is 47.0 Å². The maximum absolute atomic E-state index is 5.39. The van der Waals surface area contributed by atoms with Crippen LogP contribution in [0.25, 0.3) is 0 Å². The molecule has 1 rings (SSSR count). The molecular weight excluding hydrogens is 214 g/mol. The SMILES string of the molecule is CCC.CCc1ccc(OCCCNC)nn1.[HH]. The van der Waals surface area contributed by atoms with Gasteiger partial charge in [-0.1, -0.05) is 27.2 Å². The highest BCUT2D eigenvalue weighted by atomic mass is 16.5. The molecule has 1 aromatic heterocycles. The molecule has 1 heterocycles. The molecule has 1 N–H and O–H groups in total. The normalized spacial score (nSPS) is 9.41. The van der Waals surface area contributed by atoms with Gasteiger partial charge in [-0.15, -0.1) is 5.10 Å². The summed E-state index contributed by atoms with van der Waals surface area (Å²) >= 11 is 0. The highest BCUT2D eigenvalue weighted by Gasteiger charge is 1.96. The number of hydrogen-bond acceptors (Lipinski definition) is 4. The Morgan fingerprint density at radius 3 is 2.41 bits per heavy atom. The summed E-state index contributed by atoms with van der Waals surface area (Å²) in [7, 11) is 1.93. The lowest BCUT2D eigenvalue weighted by atomic mass is 10.3. The van der Waals surface area contributed by atoms with Gasteiger partial charge in [-0.2, -0.15) is 5.10 Å². The fraction of sp³-hybridized carbons (Fsp3) is 0.692. The van der Waals surface area contributed by atoms with Gasteiger partial charge >= 0.3 is 0 Å². The first-order valence-corrected chi connectivity index (χ1v) is 6.38. The van der Waals surface area contributed by atoms with E-state index >= 15 is 0 Å². The molecule has 0 atom stereocenters. The van der Waals surface area contributed by atoms with Gasteiger partial charge in [-0.25, -0.2) is 0 Å². The van der Waals surface area contributed by atoms with Gasteiger partial charge in [-0.05, 0) is 32.5 Å². The van der Waals surface area contributed by atoms with Crippen LogP contribution in [-0.4, -0.2) is 30.4 Å². The quantitative estimate of drug-likeness (QED) is 0.778. The molecule has 0 aliphatic carbocycles. The van der Waals surface area contributed by atoms with Crippen molar-refractivity contribution in [1.29, 1.82) is 0 Å². The Morgan fingerprint density at radius 1 is 1.24 bits per heavy atom. The highest BCUT2D eigenvalue weighted by molar-refractivity contribution is 5.11. The molecule has 0 radical (unpaired) electrons. The Morgan fingerprint density at radius 2 is 1.94 bits per heavy atom. The Hall–Kier alpha value is -1.16. The van der Waals surface area contributed by atoms with E-state index in [1.54, 1.807) is 0 Å². The third-order valence-electron chi connectivity index (χ3n) is 1.88. The zero-order valence-corrected chi connectivity index (χ0v) is 11.5. The average molecular weight is 241 g/mol. The third kappa shape index (κ3) is 8.63. The average Bonchev–Trinajstić information content (AvgIpc) is 2.36. The number of nitrogens with zero attached hydrogens (tertiary/aromatic N) is 2. The second-order valence-corrected chi connectivity index (χ2v) is 3.73. The molecule has 0 aliphatic heterocycles. The Bertz CT molecular complexity index is 267. The number of rotatable bonds is 6. The van der Waals surface area contributed by atoms with E-state index in [4.69, 9.17) is 4.74 Å². The minimum atomic E-state index is 0. The molecule has 0 aromatic carbocycles. The summed E-state index contributed by atoms with van der Waals surface area (Å²) in [5, 5.41) is 11.0. The maximum Gasteiger partial charge on any atom is 0.233 e. The fourth-order valence-electron chi connectivity index (χ4n) is 1.04. The van der Waals surface area contributed by atoms with Gasteiger partial charge in [0.15, 0.2) is 0 Å². The standard InChI is InChI=1S/C10H17N3O.C3H8.H2/c1-3-9-5-6-10(13-12-9)14-8-4-7-11-2;1-3-2;/h5-6,11H,3-4,7-8H2,1-2H3;3H2,1-2H3;1H. The van der Waals surface area contributed by atoms with Crippen LogP contribution < -0.4 is 10.1 Å². The third-order valence-corrected chi connectivity index (χ3v) is 1.88. The lowest BCUT2D eigenvalue weighted by Crippen LogP contribution is -2.12. The Labute approximate surface area is 106 Å². The molecule has 0 spiro atoms. The number of aromatic nitrogens is 2. The minimum Gasteiger partial charge on any atom is -0.477 e. The molecule has 0 bridgehead atoms. The van der Waals surface area contributed by atoms with Gasteiger partial charge in [0.05, 0.1) is 12.3 Å². The summed E-state index contributed by atoms with van der Waals surface area (Å²) in [6.07, 6.45) is 3.14. The number of hydrogen-bond donors (Lipinski definition) is 1. The van der Waals surface area contributed by atoms with Crippen LogP contribution in [-0.2, 0) is 6.42 Å². The molecule has 0 amide bonds. The summed E-state index contributed by atoms with van der Waals surface area (Å²) in [6.45, 7) is 7.94. The van der Waals surface area contributed by atoms with Crippen molar-refractivity contribution in [2.75, 3.05) is 20.2 Å². The summed E-state index contributed by atoms with van der Waals surface area (Å²) in [5.41, 5.74) is 0.993. The second-order valence-electron chi connectivity index (χ2n) is 3.73. The van der Waals surface area contributed by atoms with Crippen LogP contribution in [0.1, 0.15) is 40.7 Å². The fourth-order valence-corrected chi connectivity index (χ4v) is 1.04. The molecule has 0 fully saturated rings. The van der Waals surface area contributed by atoms with E-state index in [-0.39, 0.29) is 1.43 Å².